The number of nitrogens with zero attached hydrogens (tertiary/aromatic N) is 4. The molecule has 1 aliphatic carbocycles. The maximum atomic E-state index is 12.9. The molecule has 0 fully saturated rings. The third-order valence-electron chi connectivity index (χ3n) is 5.71. The van der Waals surface area contributed by atoms with Crippen LogP contribution in [0.4, 0.5) is 0 Å². The van der Waals surface area contributed by atoms with Crippen molar-refractivity contribution in [2.24, 2.45) is 0 Å². The molecule has 0 N–H and O–H groups in total. The Hall–Kier alpha value is -2.92. The molecular weight excluding hydrogens is 360 g/mol. The van der Waals surface area contributed by atoms with E-state index in [0.717, 1.165) is 30.5 Å². The van der Waals surface area contributed by atoms with Gasteiger partial charge in [0.2, 0.25) is 5.91 Å². The lowest BCUT2D eigenvalue weighted by atomic mass is 9.87. The molecule has 1 amide bonds. The Labute approximate surface area is 172 Å². The monoisotopic (exact) mass is 388 g/mol. The summed E-state index contributed by atoms with van der Waals surface area (Å²) in [5, 5.41) is 4.45. The number of para-hydroxylation sites is 1. The van der Waals surface area contributed by atoms with Crippen LogP contribution in [0.5, 0.6) is 0 Å². The fourth-order valence-electron chi connectivity index (χ4n) is 4.18. The highest BCUT2D eigenvalue weighted by molar-refractivity contribution is 5.78. The normalized spacial score (nSPS) is 15.9. The number of amides is 1. The van der Waals surface area contributed by atoms with E-state index < -0.39 is 0 Å². The smallest absolute Gasteiger partial charge is 0.237 e. The molecule has 1 unspecified atom stereocenters. The van der Waals surface area contributed by atoms with Gasteiger partial charge in [0.15, 0.2) is 0 Å². The van der Waals surface area contributed by atoms with E-state index in [9.17, 15) is 4.79 Å². The zero-order valence-corrected chi connectivity index (χ0v) is 17.2. The fraction of sp³-hybridized carbons (Fsp3) is 0.333. The number of carbonyl (C=O) groups excluding carboxylic acids is 1. The van der Waals surface area contributed by atoms with E-state index in [4.69, 9.17) is 0 Å². The van der Waals surface area contributed by atoms with Crippen molar-refractivity contribution in [2.45, 2.75) is 31.8 Å². The molecular formula is C24H28N4O. The van der Waals surface area contributed by atoms with Crippen molar-refractivity contribution in [1.82, 2.24) is 19.6 Å². The summed E-state index contributed by atoms with van der Waals surface area (Å²) in [6.07, 6.45) is 7.17. The highest BCUT2D eigenvalue weighted by Crippen LogP contribution is 2.33. The number of fused-ring (bicyclic) bond motifs is 1. The standard InChI is InChI=1S/C24H28N4O/c1-26(16-19-15-25-28(17-19)21-11-4-3-5-12-21)18-24(29)27(2)23-14-8-10-20-9-6-7-13-22(20)23/h3-7,9,11-13,15,17,23H,8,10,14,16,18H2,1-2H3. The molecule has 3 aromatic rings. The molecule has 150 valence electrons. The maximum Gasteiger partial charge on any atom is 0.237 e. The highest BCUT2D eigenvalue weighted by atomic mass is 16.2. The SMILES string of the molecule is CN(CC(=O)N(C)C1CCCc2ccccc21)Cc1cnn(-c2ccccc2)c1. The zero-order valence-electron chi connectivity index (χ0n) is 17.2. The molecule has 0 aliphatic heterocycles. The van der Waals surface area contributed by atoms with Crippen LogP contribution in [0.15, 0.2) is 67.0 Å². The second kappa shape index (κ2) is 8.62. The molecule has 1 atom stereocenters. The minimum absolute atomic E-state index is 0.157. The van der Waals surface area contributed by atoms with Crippen molar-refractivity contribution in [3.05, 3.63) is 83.7 Å². The lowest BCUT2D eigenvalue weighted by Crippen LogP contribution is -2.39. The van der Waals surface area contributed by atoms with Gasteiger partial charge in [-0.05, 0) is 49.6 Å². The summed E-state index contributed by atoms with van der Waals surface area (Å²) in [5.74, 6) is 0.157. The van der Waals surface area contributed by atoms with E-state index in [1.807, 2.05) is 66.4 Å². The van der Waals surface area contributed by atoms with Crippen molar-refractivity contribution < 1.29 is 4.79 Å². The van der Waals surface area contributed by atoms with E-state index in [2.05, 4.69) is 34.3 Å². The molecule has 1 heterocycles. The molecule has 1 aliphatic rings. The predicted octanol–water partition coefficient (Wildman–Crippen LogP) is 3.84. The number of hydrogen-bond donors (Lipinski definition) is 0. The van der Waals surface area contributed by atoms with E-state index in [1.54, 1.807) is 0 Å². The Bertz CT molecular complexity index is 966. The van der Waals surface area contributed by atoms with E-state index in [0.29, 0.717) is 13.1 Å². The van der Waals surface area contributed by atoms with Crippen molar-refractivity contribution in [1.29, 1.82) is 0 Å². The van der Waals surface area contributed by atoms with Crippen LogP contribution in [0.1, 0.15) is 35.6 Å². The van der Waals surface area contributed by atoms with Gasteiger partial charge in [0, 0.05) is 25.4 Å². The summed E-state index contributed by atoms with van der Waals surface area (Å²) in [7, 11) is 3.93. The Morgan fingerprint density at radius 1 is 1.10 bits per heavy atom. The van der Waals surface area contributed by atoms with Crippen LogP contribution in [-0.4, -0.2) is 46.1 Å². The number of rotatable bonds is 6. The molecule has 0 radical (unpaired) electrons. The number of hydrogen-bond acceptors (Lipinski definition) is 3. The summed E-state index contributed by atoms with van der Waals surface area (Å²) in [5.41, 5.74) is 4.81. The minimum Gasteiger partial charge on any atom is -0.338 e. The van der Waals surface area contributed by atoms with Gasteiger partial charge < -0.3 is 4.90 Å². The number of aromatic nitrogens is 2. The predicted molar refractivity (Wildman–Crippen MR) is 115 cm³/mol. The van der Waals surface area contributed by atoms with Crippen LogP contribution in [0, 0.1) is 0 Å². The van der Waals surface area contributed by atoms with Crippen LogP contribution < -0.4 is 0 Å². The average molecular weight is 389 g/mol. The van der Waals surface area contributed by atoms with Crippen LogP contribution in [0.25, 0.3) is 5.69 Å². The quantitative estimate of drug-likeness (QED) is 0.644. The third kappa shape index (κ3) is 4.40. The summed E-state index contributed by atoms with van der Waals surface area (Å²) in [6, 6.07) is 18.8. The molecule has 0 saturated heterocycles. The first-order valence-electron chi connectivity index (χ1n) is 10.2. The Morgan fingerprint density at radius 2 is 1.86 bits per heavy atom. The minimum atomic E-state index is 0.157. The van der Waals surface area contributed by atoms with Crippen LogP contribution >= 0.6 is 0 Å². The number of benzene rings is 2. The summed E-state index contributed by atoms with van der Waals surface area (Å²) < 4.78 is 1.87. The van der Waals surface area contributed by atoms with Gasteiger partial charge in [-0.15, -0.1) is 0 Å². The topological polar surface area (TPSA) is 41.4 Å². The molecule has 4 rings (SSSR count). The van der Waals surface area contributed by atoms with E-state index in [-0.39, 0.29) is 11.9 Å². The number of carbonyl (C=O) groups is 1. The summed E-state index contributed by atoms with van der Waals surface area (Å²) in [6.45, 7) is 1.08. The first-order valence-corrected chi connectivity index (χ1v) is 10.2. The Morgan fingerprint density at radius 3 is 2.69 bits per heavy atom. The van der Waals surface area contributed by atoms with Crippen molar-refractivity contribution in [3.8, 4) is 5.69 Å². The zero-order chi connectivity index (χ0) is 20.2. The highest BCUT2D eigenvalue weighted by Gasteiger charge is 2.26. The van der Waals surface area contributed by atoms with Crippen molar-refractivity contribution in [2.75, 3.05) is 20.6 Å². The van der Waals surface area contributed by atoms with Gasteiger partial charge in [-0.3, -0.25) is 9.69 Å². The van der Waals surface area contributed by atoms with Crippen LogP contribution in [-0.2, 0) is 17.8 Å². The maximum absolute atomic E-state index is 12.9. The Balaban J connectivity index is 1.37. The first kappa shape index (κ1) is 19.4. The second-order valence-electron chi connectivity index (χ2n) is 7.91. The van der Waals surface area contributed by atoms with E-state index >= 15 is 0 Å². The van der Waals surface area contributed by atoms with Gasteiger partial charge in [0.05, 0.1) is 24.5 Å². The third-order valence-corrected chi connectivity index (χ3v) is 5.71. The van der Waals surface area contributed by atoms with Crippen LogP contribution in [0.2, 0.25) is 0 Å². The molecule has 2 aromatic carbocycles. The van der Waals surface area contributed by atoms with E-state index in [1.165, 1.54) is 11.1 Å². The van der Waals surface area contributed by atoms with Gasteiger partial charge in [0.25, 0.3) is 0 Å². The molecule has 29 heavy (non-hydrogen) atoms. The molecule has 0 spiro atoms. The van der Waals surface area contributed by atoms with Crippen LogP contribution in [0.3, 0.4) is 0 Å². The molecule has 0 bridgehead atoms. The molecule has 0 saturated carbocycles. The Kier molecular flexibility index (Phi) is 5.76. The van der Waals surface area contributed by atoms with Crippen molar-refractivity contribution >= 4 is 5.91 Å². The second-order valence-corrected chi connectivity index (χ2v) is 7.91. The lowest BCUT2D eigenvalue weighted by molar-refractivity contribution is -0.133. The first-order chi connectivity index (χ1) is 14.1. The number of aryl methyl sites for hydroxylation is 1. The number of likely N-dealkylation sites (N-methyl/N-ethyl adjacent to an activating group) is 2. The summed E-state index contributed by atoms with van der Waals surface area (Å²) >= 11 is 0. The van der Waals surface area contributed by atoms with Gasteiger partial charge in [0.1, 0.15) is 0 Å². The average Bonchev–Trinajstić information content (AvgIpc) is 3.21. The lowest BCUT2D eigenvalue weighted by Gasteiger charge is -2.34. The molecule has 1 aromatic heterocycles. The van der Waals surface area contributed by atoms with Gasteiger partial charge in [-0.1, -0.05) is 42.5 Å². The molecule has 5 nitrogen and oxygen atoms in total. The summed E-state index contributed by atoms with van der Waals surface area (Å²) in [4.78, 5) is 16.9. The van der Waals surface area contributed by atoms with Crippen molar-refractivity contribution in [3.63, 3.8) is 0 Å². The fourth-order valence-corrected chi connectivity index (χ4v) is 4.18. The molecule has 5 heteroatoms. The van der Waals surface area contributed by atoms with Gasteiger partial charge >= 0.3 is 0 Å². The van der Waals surface area contributed by atoms with Gasteiger partial charge in [-0.25, -0.2) is 4.68 Å². The largest absolute Gasteiger partial charge is 0.338 e. The van der Waals surface area contributed by atoms with Gasteiger partial charge in [-0.2, -0.15) is 5.10 Å².